The number of thiocarbonyl (C=S) groups is 1. The van der Waals surface area contributed by atoms with Gasteiger partial charge in [0.1, 0.15) is 10.8 Å². The van der Waals surface area contributed by atoms with E-state index in [9.17, 15) is 0 Å². The smallest absolute Gasteiger partial charge is 0.127 e. The molecule has 2 aromatic rings. The number of rotatable bonds is 6. The Balaban J connectivity index is 2.32. The number of nitrogens with zero attached hydrogens (tertiary/aromatic N) is 1. The van der Waals surface area contributed by atoms with E-state index in [1.807, 2.05) is 30.3 Å². The molecule has 1 heterocycles. The molecular formula is C16H21N3S. The van der Waals surface area contributed by atoms with E-state index in [1.54, 1.807) is 0 Å². The molecule has 0 amide bonds. The summed E-state index contributed by atoms with van der Waals surface area (Å²) in [6, 6.07) is 10.3. The van der Waals surface area contributed by atoms with Gasteiger partial charge >= 0.3 is 0 Å². The van der Waals surface area contributed by atoms with E-state index in [2.05, 4.69) is 24.1 Å². The monoisotopic (exact) mass is 287 g/mol. The van der Waals surface area contributed by atoms with E-state index in [0.717, 1.165) is 28.7 Å². The molecule has 0 saturated heterocycles. The fraction of sp³-hybridized carbons (Fsp3) is 0.375. The van der Waals surface area contributed by atoms with Crippen LogP contribution in [0.4, 0.5) is 5.82 Å². The normalized spacial score (nSPS) is 12.3. The highest BCUT2D eigenvalue weighted by molar-refractivity contribution is 7.80. The van der Waals surface area contributed by atoms with Crippen LogP contribution in [0.2, 0.25) is 0 Å². The quantitative estimate of drug-likeness (QED) is 0.792. The van der Waals surface area contributed by atoms with Crippen molar-refractivity contribution in [2.45, 2.75) is 39.2 Å². The van der Waals surface area contributed by atoms with Crippen LogP contribution in [0.15, 0.2) is 30.3 Å². The third-order valence-electron chi connectivity index (χ3n) is 3.37. The van der Waals surface area contributed by atoms with Crippen molar-refractivity contribution < 1.29 is 0 Å². The van der Waals surface area contributed by atoms with E-state index in [0.29, 0.717) is 11.0 Å². The third-order valence-corrected chi connectivity index (χ3v) is 3.59. The van der Waals surface area contributed by atoms with Crippen LogP contribution in [0.5, 0.6) is 0 Å². The Hall–Kier alpha value is -1.68. The van der Waals surface area contributed by atoms with Crippen molar-refractivity contribution in [1.82, 2.24) is 4.98 Å². The summed E-state index contributed by atoms with van der Waals surface area (Å²) < 4.78 is 0. The van der Waals surface area contributed by atoms with Gasteiger partial charge in [-0.3, -0.25) is 0 Å². The molecule has 3 nitrogen and oxygen atoms in total. The summed E-state index contributed by atoms with van der Waals surface area (Å²) in [5.41, 5.74) is 7.64. The predicted octanol–water partition coefficient (Wildman–Crippen LogP) is 3.86. The summed E-state index contributed by atoms with van der Waals surface area (Å²) in [4.78, 5) is 5.05. The second-order valence-corrected chi connectivity index (χ2v) is 5.56. The molecule has 0 fully saturated rings. The van der Waals surface area contributed by atoms with Gasteiger partial charge in [-0.1, -0.05) is 50.2 Å². The van der Waals surface area contributed by atoms with Gasteiger partial charge in [0.05, 0.1) is 5.52 Å². The van der Waals surface area contributed by atoms with Crippen molar-refractivity contribution in [3.63, 3.8) is 0 Å². The molecule has 2 rings (SSSR count). The summed E-state index contributed by atoms with van der Waals surface area (Å²) in [7, 11) is 0. The first kappa shape index (κ1) is 14.7. The highest BCUT2D eigenvalue weighted by Gasteiger charge is 2.09. The molecule has 1 aromatic carbocycles. The number of para-hydroxylation sites is 1. The van der Waals surface area contributed by atoms with E-state index in [4.69, 9.17) is 18.0 Å². The molecule has 1 aromatic heterocycles. The number of anilines is 1. The Morgan fingerprint density at radius 2 is 2.15 bits per heavy atom. The molecule has 0 saturated carbocycles. The first-order valence-corrected chi connectivity index (χ1v) is 7.48. The second kappa shape index (κ2) is 6.66. The Labute approximate surface area is 125 Å². The minimum Gasteiger partial charge on any atom is -0.389 e. The Morgan fingerprint density at radius 3 is 2.85 bits per heavy atom. The maximum Gasteiger partial charge on any atom is 0.127 e. The van der Waals surface area contributed by atoms with Crippen LogP contribution in [0.3, 0.4) is 0 Å². The van der Waals surface area contributed by atoms with Crippen LogP contribution in [0.25, 0.3) is 10.9 Å². The van der Waals surface area contributed by atoms with Crippen molar-refractivity contribution in [3.05, 3.63) is 35.9 Å². The standard InChI is InChI=1S/C16H21N3S/c1-3-4-7-11(2)18-15-10-13(16(17)20)12-8-5-6-9-14(12)19-15/h5-6,8-11H,3-4,7H2,1-2H3,(H2,17,20)(H,18,19). The average molecular weight is 287 g/mol. The molecule has 3 N–H and O–H groups in total. The van der Waals surface area contributed by atoms with Gasteiger partial charge in [-0.25, -0.2) is 4.98 Å². The van der Waals surface area contributed by atoms with Gasteiger partial charge in [-0.15, -0.1) is 0 Å². The molecule has 0 aliphatic rings. The van der Waals surface area contributed by atoms with Crippen molar-refractivity contribution in [2.24, 2.45) is 5.73 Å². The van der Waals surface area contributed by atoms with Gasteiger partial charge in [0.15, 0.2) is 0 Å². The number of benzene rings is 1. The van der Waals surface area contributed by atoms with Crippen LogP contribution in [0, 0.1) is 0 Å². The highest BCUT2D eigenvalue weighted by Crippen LogP contribution is 2.21. The summed E-state index contributed by atoms with van der Waals surface area (Å²) in [5, 5.41) is 4.44. The zero-order chi connectivity index (χ0) is 14.5. The highest BCUT2D eigenvalue weighted by atomic mass is 32.1. The van der Waals surface area contributed by atoms with Crippen LogP contribution in [-0.4, -0.2) is 16.0 Å². The number of unbranched alkanes of at least 4 members (excludes halogenated alkanes) is 1. The number of nitrogens with two attached hydrogens (primary N) is 1. The lowest BCUT2D eigenvalue weighted by molar-refractivity contribution is 0.643. The first-order chi connectivity index (χ1) is 9.61. The lowest BCUT2D eigenvalue weighted by Gasteiger charge is -2.16. The maximum absolute atomic E-state index is 5.84. The first-order valence-electron chi connectivity index (χ1n) is 7.08. The van der Waals surface area contributed by atoms with Crippen LogP contribution >= 0.6 is 12.2 Å². The lowest BCUT2D eigenvalue weighted by Crippen LogP contribution is -2.17. The molecule has 0 radical (unpaired) electrons. The molecule has 0 aliphatic carbocycles. The number of nitrogens with one attached hydrogen (secondary N) is 1. The second-order valence-electron chi connectivity index (χ2n) is 5.12. The minimum atomic E-state index is 0.391. The van der Waals surface area contributed by atoms with E-state index < -0.39 is 0 Å². The summed E-state index contributed by atoms with van der Waals surface area (Å²) >= 11 is 5.15. The van der Waals surface area contributed by atoms with E-state index in [1.165, 1.54) is 12.8 Å². The van der Waals surface area contributed by atoms with Gasteiger partial charge in [-0.05, 0) is 25.5 Å². The fourth-order valence-electron chi connectivity index (χ4n) is 2.29. The molecule has 20 heavy (non-hydrogen) atoms. The molecular weight excluding hydrogens is 266 g/mol. The van der Waals surface area contributed by atoms with E-state index >= 15 is 0 Å². The van der Waals surface area contributed by atoms with Crippen molar-refractivity contribution in [2.75, 3.05) is 5.32 Å². The fourth-order valence-corrected chi connectivity index (χ4v) is 2.46. The lowest BCUT2D eigenvalue weighted by atomic mass is 10.1. The topological polar surface area (TPSA) is 50.9 Å². The number of hydrogen-bond acceptors (Lipinski definition) is 3. The summed E-state index contributed by atoms with van der Waals surface area (Å²) in [5.74, 6) is 0.843. The third kappa shape index (κ3) is 3.45. The number of aromatic nitrogens is 1. The van der Waals surface area contributed by atoms with Crippen LogP contribution in [0.1, 0.15) is 38.7 Å². The van der Waals surface area contributed by atoms with Gasteiger partial charge in [0, 0.05) is 17.0 Å². The van der Waals surface area contributed by atoms with Gasteiger partial charge in [-0.2, -0.15) is 0 Å². The van der Waals surface area contributed by atoms with Gasteiger partial charge in [0.2, 0.25) is 0 Å². The predicted molar refractivity (Wildman–Crippen MR) is 90.2 cm³/mol. The number of hydrogen-bond donors (Lipinski definition) is 2. The van der Waals surface area contributed by atoms with Gasteiger partial charge < -0.3 is 11.1 Å². The molecule has 106 valence electrons. The molecule has 0 spiro atoms. The molecule has 1 atom stereocenters. The Kier molecular flexibility index (Phi) is 4.90. The largest absolute Gasteiger partial charge is 0.389 e. The Bertz CT molecular complexity index is 610. The maximum atomic E-state index is 5.84. The van der Waals surface area contributed by atoms with Crippen LogP contribution in [-0.2, 0) is 0 Å². The molecule has 1 unspecified atom stereocenters. The van der Waals surface area contributed by atoms with Crippen molar-refractivity contribution >= 4 is 33.9 Å². The zero-order valence-corrected chi connectivity index (χ0v) is 12.8. The van der Waals surface area contributed by atoms with Crippen molar-refractivity contribution in [1.29, 1.82) is 0 Å². The molecule has 4 heteroatoms. The molecule has 0 aliphatic heterocycles. The van der Waals surface area contributed by atoms with E-state index in [-0.39, 0.29) is 0 Å². The zero-order valence-electron chi connectivity index (χ0n) is 12.0. The average Bonchev–Trinajstić information content (AvgIpc) is 2.44. The van der Waals surface area contributed by atoms with Crippen molar-refractivity contribution in [3.8, 4) is 0 Å². The summed E-state index contributed by atoms with van der Waals surface area (Å²) in [6.07, 6.45) is 3.55. The van der Waals surface area contributed by atoms with Gasteiger partial charge in [0.25, 0.3) is 0 Å². The molecule has 0 bridgehead atoms. The summed E-state index contributed by atoms with van der Waals surface area (Å²) in [6.45, 7) is 4.37. The number of pyridine rings is 1. The number of fused-ring (bicyclic) bond motifs is 1. The van der Waals surface area contributed by atoms with Crippen LogP contribution < -0.4 is 11.1 Å². The SMILES string of the molecule is CCCCC(C)Nc1cc(C(N)=S)c2ccccc2n1. The minimum absolute atomic E-state index is 0.391. The Morgan fingerprint density at radius 1 is 1.40 bits per heavy atom.